The van der Waals surface area contributed by atoms with Crippen LogP contribution < -0.4 is 10.6 Å². The van der Waals surface area contributed by atoms with E-state index >= 15 is 0 Å². The SMILES string of the molecule is CC(C(=O)Nc1ccccc1I)N1CCNCC1. The van der Waals surface area contributed by atoms with Crippen molar-refractivity contribution < 1.29 is 4.79 Å². The van der Waals surface area contributed by atoms with Gasteiger partial charge in [0.05, 0.1) is 11.7 Å². The molecule has 1 saturated heterocycles. The minimum Gasteiger partial charge on any atom is -0.324 e. The summed E-state index contributed by atoms with van der Waals surface area (Å²) < 4.78 is 1.07. The summed E-state index contributed by atoms with van der Waals surface area (Å²) >= 11 is 2.23. The molecule has 1 aliphatic rings. The Morgan fingerprint density at radius 2 is 2.06 bits per heavy atom. The average molecular weight is 359 g/mol. The molecule has 5 heteroatoms. The first-order valence-corrected chi connectivity index (χ1v) is 7.26. The van der Waals surface area contributed by atoms with Gasteiger partial charge in [0, 0.05) is 29.7 Å². The fourth-order valence-corrected chi connectivity index (χ4v) is 2.56. The first-order chi connectivity index (χ1) is 8.68. The summed E-state index contributed by atoms with van der Waals surface area (Å²) in [7, 11) is 0. The molecule has 1 unspecified atom stereocenters. The van der Waals surface area contributed by atoms with Gasteiger partial charge in [-0.1, -0.05) is 12.1 Å². The average Bonchev–Trinajstić information content (AvgIpc) is 2.41. The molecular weight excluding hydrogens is 341 g/mol. The van der Waals surface area contributed by atoms with Crippen molar-refractivity contribution in [2.45, 2.75) is 13.0 Å². The molecule has 0 radical (unpaired) electrons. The van der Waals surface area contributed by atoms with E-state index in [9.17, 15) is 4.79 Å². The number of carbonyl (C=O) groups excluding carboxylic acids is 1. The number of hydrogen-bond donors (Lipinski definition) is 2. The van der Waals surface area contributed by atoms with Crippen molar-refractivity contribution in [1.82, 2.24) is 10.2 Å². The topological polar surface area (TPSA) is 44.4 Å². The zero-order valence-electron chi connectivity index (χ0n) is 10.4. The van der Waals surface area contributed by atoms with Gasteiger partial charge in [-0.05, 0) is 41.6 Å². The Kier molecular flexibility index (Phi) is 4.96. The van der Waals surface area contributed by atoms with Crippen molar-refractivity contribution in [2.75, 3.05) is 31.5 Å². The monoisotopic (exact) mass is 359 g/mol. The minimum absolute atomic E-state index is 0.0704. The van der Waals surface area contributed by atoms with E-state index in [2.05, 4.69) is 38.1 Å². The van der Waals surface area contributed by atoms with Gasteiger partial charge in [-0.15, -0.1) is 0 Å². The number of piperazine rings is 1. The molecule has 0 saturated carbocycles. The number of nitrogens with zero attached hydrogens (tertiary/aromatic N) is 1. The highest BCUT2D eigenvalue weighted by atomic mass is 127. The zero-order valence-corrected chi connectivity index (χ0v) is 12.6. The molecule has 1 atom stereocenters. The number of hydrogen-bond acceptors (Lipinski definition) is 3. The molecule has 98 valence electrons. The first-order valence-electron chi connectivity index (χ1n) is 6.18. The number of halogens is 1. The standard InChI is InChI=1S/C13H18IN3O/c1-10(17-8-6-15-7-9-17)13(18)16-12-5-3-2-4-11(12)14/h2-5,10,15H,6-9H2,1H3,(H,16,18). The largest absolute Gasteiger partial charge is 0.324 e. The summed E-state index contributed by atoms with van der Waals surface area (Å²) in [4.78, 5) is 14.4. The summed E-state index contributed by atoms with van der Waals surface area (Å²) in [5.74, 6) is 0.0704. The smallest absolute Gasteiger partial charge is 0.241 e. The Morgan fingerprint density at radius 3 is 2.72 bits per heavy atom. The Bertz CT molecular complexity index is 418. The van der Waals surface area contributed by atoms with E-state index in [1.54, 1.807) is 0 Å². The summed E-state index contributed by atoms with van der Waals surface area (Å²) in [6.45, 7) is 5.75. The molecule has 0 aromatic heterocycles. The summed E-state index contributed by atoms with van der Waals surface area (Å²) in [5, 5.41) is 6.29. The van der Waals surface area contributed by atoms with Crippen molar-refractivity contribution in [3.8, 4) is 0 Å². The van der Waals surface area contributed by atoms with Crippen LogP contribution in [-0.4, -0.2) is 43.0 Å². The Labute approximate surface area is 121 Å². The van der Waals surface area contributed by atoms with Crippen molar-refractivity contribution in [3.05, 3.63) is 27.8 Å². The fourth-order valence-electron chi connectivity index (χ4n) is 2.04. The lowest BCUT2D eigenvalue weighted by atomic mass is 10.2. The quantitative estimate of drug-likeness (QED) is 0.805. The van der Waals surface area contributed by atoms with Crippen LogP contribution in [0.15, 0.2) is 24.3 Å². The number of carbonyl (C=O) groups is 1. The maximum absolute atomic E-state index is 12.2. The van der Waals surface area contributed by atoms with Gasteiger partial charge >= 0.3 is 0 Å². The number of amides is 1. The Hall–Kier alpha value is -0.660. The van der Waals surface area contributed by atoms with Gasteiger partial charge in [0.15, 0.2) is 0 Å². The number of rotatable bonds is 3. The molecular formula is C13H18IN3O. The molecule has 0 bridgehead atoms. The maximum atomic E-state index is 12.2. The van der Waals surface area contributed by atoms with Gasteiger partial charge in [0.2, 0.25) is 5.91 Å². The van der Waals surface area contributed by atoms with E-state index in [4.69, 9.17) is 0 Å². The van der Waals surface area contributed by atoms with E-state index in [-0.39, 0.29) is 11.9 Å². The van der Waals surface area contributed by atoms with E-state index in [1.165, 1.54) is 0 Å². The first kappa shape index (κ1) is 13.8. The van der Waals surface area contributed by atoms with E-state index in [1.807, 2.05) is 31.2 Å². The second kappa shape index (κ2) is 6.49. The predicted molar refractivity (Wildman–Crippen MR) is 81.7 cm³/mol. The lowest BCUT2D eigenvalue weighted by Crippen LogP contribution is -2.51. The van der Waals surface area contributed by atoms with Gasteiger partial charge in [-0.2, -0.15) is 0 Å². The van der Waals surface area contributed by atoms with Crippen molar-refractivity contribution >= 4 is 34.2 Å². The van der Waals surface area contributed by atoms with Crippen LogP contribution in [0.3, 0.4) is 0 Å². The molecule has 4 nitrogen and oxygen atoms in total. The van der Waals surface area contributed by atoms with Gasteiger partial charge in [-0.3, -0.25) is 9.69 Å². The maximum Gasteiger partial charge on any atom is 0.241 e. The molecule has 0 aliphatic carbocycles. The third-order valence-corrected chi connectivity index (χ3v) is 4.15. The van der Waals surface area contributed by atoms with Crippen LogP contribution in [-0.2, 0) is 4.79 Å². The second-order valence-corrected chi connectivity index (χ2v) is 5.59. The third kappa shape index (κ3) is 3.43. The van der Waals surface area contributed by atoms with Crippen LogP contribution in [0.25, 0.3) is 0 Å². The normalized spacial score (nSPS) is 18.3. The highest BCUT2D eigenvalue weighted by Crippen LogP contribution is 2.17. The van der Waals surface area contributed by atoms with Crippen LogP contribution in [0.1, 0.15) is 6.92 Å². The van der Waals surface area contributed by atoms with E-state index < -0.39 is 0 Å². The molecule has 1 heterocycles. The summed E-state index contributed by atoms with van der Waals surface area (Å²) in [6, 6.07) is 7.75. The van der Waals surface area contributed by atoms with Crippen molar-refractivity contribution in [2.24, 2.45) is 0 Å². The van der Waals surface area contributed by atoms with Gasteiger partial charge < -0.3 is 10.6 Å². The molecule has 18 heavy (non-hydrogen) atoms. The van der Waals surface area contributed by atoms with Crippen LogP contribution >= 0.6 is 22.6 Å². The molecule has 1 fully saturated rings. The predicted octanol–water partition coefficient (Wildman–Crippen LogP) is 1.52. The van der Waals surface area contributed by atoms with Gasteiger partial charge in [-0.25, -0.2) is 0 Å². The van der Waals surface area contributed by atoms with Crippen LogP contribution in [0.4, 0.5) is 5.69 Å². The zero-order chi connectivity index (χ0) is 13.0. The summed E-state index contributed by atoms with van der Waals surface area (Å²) in [5.41, 5.74) is 0.894. The number of nitrogens with one attached hydrogen (secondary N) is 2. The van der Waals surface area contributed by atoms with E-state index in [0.29, 0.717) is 0 Å². The van der Waals surface area contributed by atoms with Crippen molar-refractivity contribution in [3.63, 3.8) is 0 Å². The van der Waals surface area contributed by atoms with Crippen LogP contribution in [0.5, 0.6) is 0 Å². The Morgan fingerprint density at radius 1 is 1.39 bits per heavy atom. The number of para-hydroxylation sites is 1. The van der Waals surface area contributed by atoms with Gasteiger partial charge in [0.25, 0.3) is 0 Å². The molecule has 0 spiro atoms. The second-order valence-electron chi connectivity index (χ2n) is 4.43. The van der Waals surface area contributed by atoms with Crippen LogP contribution in [0, 0.1) is 3.57 Å². The van der Waals surface area contributed by atoms with Crippen molar-refractivity contribution in [1.29, 1.82) is 0 Å². The van der Waals surface area contributed by atoms with Gasteiger partial charge in [0.1, 0.15) is 0 Å². The number of anilines is 1. The molecule has 2 N–H and O–H groups in total. The highest BCUT2D eigenvalue weighted by molar-refractivity contribution is 14.1. The lowest BCUT2D eigenvalue weighted by molar-refractivity contribution is -0.120. The van der Waals surface area contributed by atoms with E-state index in [0.717, 1.165) is 35.4 Å². The lowest BCUT2D eigenvalue weighted by Gasteiger charge is -2.31. The van der Waals surface area contributed by atoms with Crippen LogP contribution in [0.2, 0.25) is 0 Å². The molecule has 1 aromatic carbocycles. The highest BCUT2D eigenvalue weighted by Gasteiger charge is 2.22. The molecule has 2 rings (SSSR count). The Balaban J connectivity index is 1.97. The third-order valence-electron chi connectivity index (χ3n) is 3.21. The fraction of sp³-hybridized carbons (Fsp3) is 0.462. The summed E-state index contributed by atoms with van der Waals surface area (Å²) in [6.07, 6.45) is 0. The molecule has 1 aliphatic heterocycles. The molecule has 1 amide bonds. The minimum atomic E-state index is -0.0805. The number of benzene rings is 1. The molecule has 1 aromatic rings.